The van der Waals surface area contributed by atoms with Crippen molar-refractivity contribution >= 4 is 17.5 Å². The maximum atomic E-state index is 12.9. The summed E-state index contributed by atoms with van der Waals surface area (Å²) in [5.41, 5.74) is 0.581. The fourth-order valence-corrected chi connectivity index (χ4v) is 2.35. The van der Waals surface area contributed by atoms with Gasteiger partial charge in [-0.2, -0.15) is 0 Å². The predicted molar refractivity (Wildman–Crippen MR) is 84.3 cm³/mol. The third kappa shape index (κ3) is 3.29. The molecule has 2 N–H and O–H groups in total. The number of carbonyl (C=O) groups is 2. The maximum Gasteiger partial charge on any atom is 0.258 e. The number of rotatable bonds is 5. The second-order valence-electron chi connectivity index (χ2n) is 5.30. The smallest absolute Gasteiger partial charge is 0.258 e. The number of ether oxygens (including phenoxy) is 1. The number of halogens is 1. The van der Waals surface area contributed by atoms with E-state index in [9.17, 15) is 19.1 Å². The van der Waals surface area contributed by atoms with E-state index in [-0.39, 0.29) is 29.8 Å². The number of amides is 2. The molecule has 0 unspecified atom stereocenters. The van der Waals surface area contributed by atoms with Gasteiger partial charge in [0.15, 0.2) is 18.1 Å². The van der Waals surface area contributed by atoms with Gasteiger partial charge in [-0.3, -0.25) is 9.59 Å². The molecule has 3 rings (SSSR count). The first kappa shape index (κ1) is 15.8. The van der Waals surface area contributed by atoms with Gasteiger partial charge in [-0.05, 0) is 36.4 Å². The van der Waals surface area contributed by atoms with Crippen molar-refractivity contribution in [1.82, 2.24) is 5.32 Å². The lowest BCUT2D eigenvalue weighted by Gasteiger charge is -2.38. The van der Waals surface area contributed by atoms with E-state index in [1.165, 1.54) is 41.3 Å². The van der Waals surface area contributed by atoms with Crippen LogP contribution >= 0.6 is 0 Å². The monoisotopic (exact) mass is 330 g/mol. The zero-order valence-corrected chi connectivity index (χ0v) is 12.6. The normalized spacial score (nSPS) is 16.5. The molecule has 2 aromatic carbocycles. The Morgan fingerprint density at radius 1 is 1.25 bits per heavy atom. The second kappa shape index (κ2) is 6.57. The Balaban J connectivity index is 1.49. The predicted octanol–water partition coefficient (Wildman–Crippen LogP) is 1.44. The van der Waals surface area contributed by atoms with Crippen molar-refractivity contribution < 1.29 is 23.8 Å². The molecule has 1 heterocycles. The summed E-state index contributed by atoms with van der Waals surface area (Å²) in [4.78, 5) is 25.3. The summed E-state index contributed by atoms with van der Waals surface area (Å²) in [6.45, 7) is 0.00466. The summed E-state index contributed by atoms with van der Waals surface area (Å²) in [7, 11) is 0. The van der Waals surface area contributed by atoms with Crippen LogP contribution in [-0.4, -0.2) is 36.1 Å². The zero-order chi connectivity index (χ0) is 17.1. The molecule has 124 valence electrons. The number of nitrogens with one attached hydrogen (secondary N) is 1. The van der Waals surface area contributed by atoms with E-state index in [0.29, 0.717) is 12.2 Å². The van der Waals surface area contributed by atoms with Crippen LogP contribution in [0.5, 0.6) is 11.5 Å². The zero-order valence-electron chi connectivity index (χ0n) is 12.6. The minimum absolute atomic E-state index is 0.0625. The van der Waals surface area contributed by atoms with Crippen LogP contribution in [0.25, 0.3) is 0 Å². The van der Waals surface area contributed by atoms with E-state index in [4.69, 9.17) is 4.74 Å². The van der Waals surface area contributed by atoms with Gasteiger partial charge in [-0.25, -0.2) is 4.39 Å². The topological polar surface area (TPSA) is 78.9 Å². The number of nitrogens with zero attached hydrogens (tertiary/aromatic N) is 1. The molecule has 1 saturated heterocycles. The van der Waals surface area contributed by atoms with Crippen LogP contribution in [0.3, 0.4) is 0 Å². The first-order valence-corrected chi connectivity index (χ1v) is 7.31. The Morgan fingerprint density at radius 3 is 2.62 bits per heavy atom. The first-order valence-electron chi connectivity index (χ1n) is 7.31. The van der Waals surface area contributed by atoms with Gasteiger partial charge in [-0.1, -0.05) is 12.1 Å². The summed E-state index contributed by atoms with van der Waals surface area (Å²) < 4.78 is 18.1. The van der Waals surface area contributed by atoms with E-state index in [1.54, 1.807) is 12.1 Å². The average Bonchev–Trinajstić information content (AvgIpc) is 2.58. The van der Waals surface area contributed by atoms with Crippen LogP contribution in [0.1, 0.15) is 0 Å². The van der Waals surface area contributed by atoms with Crippen LogP contribution in [0.2, 0.25) is 0 Å². The maximum absolute atomic E-state index is 12.9. The fraction of sp³-hybridized carbons (Fsp3) is 0.176. The molecule has 1 atom stereocenters. The molecule has 1 aliphatic rings. The molecule has 0 radical (unpaired) electrons. The number of hydrogen-bond acceptors (Lipinski definition) is 4. The molecular formula is C17H15FN2O4. The number of anilines is 1. The number of phenolic OH excluding ortho intramolecular Hbond substituents is 1. The SMILES string of the molecule is O=C(COc1ccccc1O)N[C@@H]1CN(c2ccc(F)cc2)C1=O. The van der Waals surface area contributed by atoms with Crippen molar-refractivity contribution in [2.45, 2.75) is 6.04 Å². The van der Waals surface area contributed by atoms with Crippen molar-refractivity contribution in [3.8, 4) is 11.5 Å². The lowest BCUT2D eigenvalue weighted by molar-refractivity contribution is -0.131. The number of benzene rings is 2. The Bertz CT molecular complexity index is 763. The number of phenols is 1. The van der Waals surface area contributed by atoms with Gasteiger partial charge >= 0.3 is 0 Å². The van der Waals surface area contributed by atoms with Gasteiger partial charge in [0, 0.05) is 5.69 Å². The molecule has 6 nitrogen and oxygen atoms in total. The van der Waals surface area contributed by atoms with Gasteiger partial charge < -0.3 is 20.1 Å². The van der Waals surface area contributed by atoms with Crippen LogP contribution in [-0.2, 0) is 9.59 Å². The van der Waals surface area contributed by atoms with E-state index in [0.717, 1.165) is 0 Å². The van der Waals surface area contributed by atoms with Crippen LogP contribution in [0.15, 0.2) is 48.5 Å². The minimum Gasteiger partial charge on any atom is -0.504 e. The standard InChI is InChI=1S/C17H15FN2O4/c18-11-5-7-12(8-6-11)20-9-13(17(20)23)19-16(22)10-24-15-4-2-1-3-14(15)21/h1-8,13,21H,9-10H2,(H,19,22)/t13-/m1/s1. The van der Waals surface area contributed by atoms with Gasteiger partial charge in [0.05, 0.1) is 6.54 Å². The molecule has 7 heteroatoms. The molecule has 2 amide bonds. The first-order chi connectivity index (χ1) is 11.5. The molecule has 0 spiro atoms. The van der Waals surface area contributed by atoms with E-state index >= 15 is 0 Å². The molecule has 0 aliphatic carbocycles. The number of β-lactam (4-membered cyclic amide) rings is 1. The number of para-hydroxylation sites is 2. The highest BCUT2D eigenvalue weighted by molar-refractivity contribution is 6.05. The third-order valence-electron chi connectivity index (χ3n) is 3.63. The highest BCUT2D eigenvalue weighted by atomic mass is 19.1. The van der Waals surface area contributed by atoms with E-state index in [2.05, 4.69) is 5.32 Å². The van der Waals surface area contributed by atoms with Crippen molar-refractivity contribution in [3.05, 3.63) is 54.3 Å². The van der Waals surface area contributed by atoms with Crippen molar-refractivity contribution in [2.24, 2.45) is 0 Å². The Kier molecular flexibility index (Phi) is 4.33. The van der Waals surface area contributed by atoms with Crippen LogP contribution in [0.4, 0.5) is 10.1 Å². The molecule has 0 bridgehead atoms. The van der Waals surface area contributed by atoms with Gasteiger partial charge in [0.1, 0.15) is 11.9 Å². The summed E-state index contributed by atoms with van der Waals surface area (Å²) in [5, 5.41) is 12.1. The quantitative estimate of drug-likeness (QED) is 0.813. The van der Waals surface area contributed by atoms with Crippen molar-refractivity contribution in [1.29, 1.82) is 0 Å². The van der Waals surface area contributed by atoms with Gasteiger partial charge in [0.2, 0.25) is 0 Å². The second-order valence-corrected chi connectivity index (χ2v) is 5.30. The molecule has 24 heavy (non-hydrogen) atoms. The fourth-order valence-electron chi connectivity index (χ4n) is 2.35. The average molecular weight is 330 g/mol. The molecule has 0 saturated carbocycles. The Hall–Kier alpha value is -3.09. The third-order valence-corrected chi connectivity index (χ3v) is 3.63. The lowest BCUT2D eigenvalue weighted by atomic mass is 10.1. The molecule has 0 aromatic heterocycles. The highest BCUT2D eigenvalue weighted by Gasteiger charge is 2.38. The van der Waals surface area contributed by atoms with Crippen molar-refractivity contribution in [2.75, 3.05) is 18.1 Å². The molecule has 1 fully saturated rings. The Labute approximate surface area is 137 Å². The summed E-state index contributed by atoms with van der Waals surface area (Å²) >= 11 is 0. The summed E-state index contributed by atoms with van der Waals surface area (Å²) in [6, 6.07) is 11.2. The minimum atomic E-state index is -0.629. The highest BCUT2D eigenvalue weighted by Crippen LogP contribution is 2.24. The van der Waals surface area contributed by atoms with Gasteiger partial charge in [-0.15, -0.1) is 0 Å². The van der Waals surface area contributed by atoms with Crippen LogP contribution in [0, 0.1) is 5.82 Å². The largest absolute Gasteiger partial charge is 0.504 e. The van der Waals surface area contributed by atoms with Crippen molar-refractivity contribution in [3.63, 3.8) is 0 Å². The molecule has 1 aliphatic heterocycles. The van der Waals surface area contributed by atoms with E-state index in [1.807, 2.05) is 0 Å². The molecule has 2 aromatic rings. The Morgan fingerprint density at radius 2 is 1.96 bits per heavy atom. The number of carbonyl (C=O) groups excluding carboxylic acids is 2. The van der Waals surface area contributed by atoms with E-state index < -0.39 is 11.9 Å². The molecular weight excluding hydrogens is 315 g/mol. The van der Waals surface area contributed by atoms with Gasteiger partial charge in [0.25, 0.3) is 11.8 Å². The lowest BCUT2D eigenvalue weighted by Crippen LogP contribution is -2.64. The van der Waals surface area contributed by atoms with Crippen LogP contribution < -0.4 is 15.0 Å². The summed E-state index contributed by atoms with van der Waals surface area (Å²) in [5.74, 6) is -0.973. The number of hydrogen-bond donors (Lipinski definition) is 2. The summed E-state index contributed by atoms with van der Waals surface area (Å²) in [6.07, 6.45) is 0. The number of aromatic hydroxyl groups is 1.